The van der Waals surface area contributed by atoms with Crippen molar-refractivity contribution in [3.05, 3.63) is 77.0 Å². The Morgan fingerprint density at radius 1 is 1.03 bits per heavy atom. The summed E-state index contributed by atoms with van der Waals surface area (Å²) in [4.78, 5) is 28.8. The molecule has 0 radical (unpaired) electrons. The first-order chi connectivity index (χ1) is 16.2. The molecule has 1 aliphatic carbocycles. The molecule has 2 aromatic carbocycles. The van der Waals surface area contributed by atoms with Crippen molar-refractivity contribution in [3.63, 3.8) is 0 Å². The molecule has 0 fully saturated rings. The third kappa shape index (κ3) is 5.58. The van der Waals surface area contributed by atoms with E-state index in [1.807, 2.05) is 12.1 Å². The summed E-state index contributed by atoms with van der Waals surface area (Å²) in [5.41, 5.74) is 6.09. The van der Waals surface area contributed by atoms with Crippen LogP contribution in [0.3, 0.4) is 0 Å². The van der Waals surface area contributed by atoms with Gasteiger partial charge >= 0.3 is 5.97 Å². The van der Waals surface area contributed by atoms with Crippen LogP contribution in [-0.4, -0.2) is 36.6 Å². The van der Waals surface area contributed by atoms with Crippen LogP contribution in [0.1, 0.15) is 46.9 Å². The Hall–Kier alpha value is -3.67. The third-order valence-corrected chi connectivity index (χ3v) is 5.75. The van der Waals surface area contributed by atoms with Crippen molar-refractivity contribution in [1.82, 2.24) is 10.3 Å². The number of anilines is 1. The van der Waals surface area contributed by atoms with Crippen molar-refractivity contribution in [2.24, 2.45) is 0 Å². The number of amides is 1. The summed E-state index contributed by atoms with van der Waals surface area (Å²) >= 11 is 0. The van der Waals surface area contributed by atoms with Crippen LogP contribution < -0.4 is 10.6 Å². The van der Waals surface area contributed by atoms with Crippen molar-refractivity contribution in [1.29, 1.82) is 0 Å². The van der Waals surface area contributed by atoms with Gasteiger partial charge < -0.3 is 15.4 Å². The third-order valence-electron chi connectivity index (χ3n) is 5.75. The number of hydrogen-bond acceptors (Lipinski definition) is 5. The van der Waals surface area contributed by atoms with Crippen LogP contribution in [0.5, 0.6) is 0 Å². The number of aryl methyl sites for hydroxylation is 1. The molecule has 33 heavy (non-hydrogen) atoms. The van der Waals surface area contributed by atoms with Gasteiger partial charge in [0.15, 0.2) is 0 Å². The molecule has 1 amide bonds. The fraction of sp³-hybridized carbons (Fsp3) is 0.296. The first-order valence-electron chi connectivity index (χ1n) is 11.5. The van der Waals surface area contributed by atoms with Crippen LogP contribution in [-0.2, 0) is 22.4 Å². The number of nitrogens with one attached hydrogen (secondary N) is 2. The Bertz CT molecular complexity index is 1170. The lowest BCUT2D eigenvalue weighted by Crippen LogP contribution is -2.29. The zero-order chi connectivity index (χ0) is 23.0. The second-order valence-electron chi connectivity index (χ2n) is 8.03. The SMILES string of the molecule is CCOC(=O)/C=C/c1ccc(C(=O)NCCNc2c3c(nc4ccccc24)CCCC3)cc1. The van der Waals surface area contributed by atoms with Crippen LogP contribution >= 0.6 is 0 Å². The molecule has 0 saturated heterocycles. The van der Waals surface area contributed by atoms with E-state index in [0.717, 1.165) is 35.0 Å². The minimum atomic E-state index is -0.380. The molecule has 3 aromatic rings. The van der Waals surface area contributed by atoms with Gasteiger partial charge in [-0.05, 0) is 68.0 Å². The smallest absolute Gasteiger partial charge is 0.330 e. The molecule has 0 aliphatic heterocycles. The number of rotatable bonds is 8. The molecule has 1 aromatic heterocycles. The quantitative estimate of drug-likeness (QED) is 0.304. The lowest BCUT2D eigenvalue weighted by molar-refractivity contribution is -0.137. The highest BCUT2D eigenvalue weighted by Gasteiger charge is 2.17. The predicted molar refractivity (Wildman–Crippen MR) is 131 cm³/mol. The average molecular weight is 444 g/mol. The second-order valence-corrected chi connectivity index (χ2v) is 8.03. The second kappa shape index (κ2) is 10.8. The molecule has 0 saturated carbocycles. The topological polar surface area (TPSA) is 80.3 Å². The summed E-state index contributed by atoms with van der Waals surface area (Å²) in [5.74, 6) is -0.505. The number of carbonyl (C=O) groups is 2. The van der Waals surface area contributed by atoms with Gasteiger partial charge in [-0.3, -0.25) is 9.78 Å². The van der Waals surface area contributed by atoms with Gasteiger partial charge in [-0.1, -0.05) is 30.3 Å². The summed E-state index contributed by atoms with van der Waals surface area (Å²) < 4.78 is 4.87. The number of nitrogens with zero attached hydrogens (tertiary/aromatic N) is 1. The Labute approximate surface area is 194 Å². The number of hydrogen-bond donors (Lipinski definition) is 2. The molecule has 2 N–H and O–H groups in total. The van der Waals surface area contributed by atoms with Gasteiger partial charge in [0.2, 0.25) is 0 Å². The molecule has 0 spiro atoms. The van der Waals surface area contributed by atoms with Crippen molar-refractivity contribution >= 4 is 34.5 Å². The molecule has 0 bridgehead atoms. The van der Waals surface area contributed by atoms with E-state index in [9.17, 15) is 9.59 Å². The van der Waals surface area contributed by atoms with Crippen LogP contribution in [0.4, 0.5) is 5.69 Å². The van der Waals surface area contributed by atoms with Gasteiger partial charge in [-0.25, -0.2) is 4.79 Å². The molecular weight excluding hydrogens is 414 g/mol. The Morgan fingerprint density at radius 2 is 1.82 bits per heavy atom. The maximum absolute atomic E-state index is 12.5. The monoisotopic (exact) mass is 443 g/mol. The van der Waals surface area contributed by atoms with Crippen LogP contribution in [0.2, 0.25) is 0 Å². The fourth-order valence-electron chi connectivity index (χ4n) is 4.14. The summed E-state index contributed by atoms with van der Waals surface area (Å²) in [6, 6.07) is 15.3. The van der Waals surface area contributed by atoms with E-state index in [1.165, 1.54) is 30.2 Å². The maximum atomic E-state index is 12.5. The van der Waals surface area contributed by atoms with Gasteiger partial charge in [0, 0.05) is 41.5 Å². The van der Waals surface area contributed by atoms with Crippen LogP contribution in [0.15, 0.2) is 54.6 Å². The molecule has 0 unspecified atom stereocenters. The van der Waals surface area contributed by atoms with Gasteiger partial charge in [0.25, 0.3) is 5.91 Å². The molecule has 4 rings (SSSR count). The van der Waals surface area contributed by atoms with E-state index in [1.54, 1.807) is 37.3 Å². The van der Waals surface area contributed by atoms with Gasteiger partial charge in [-0.2, -0.15) is 0 Å². The minimum absolute atomic E-state index is 0.126. The molecule has 170 valence electrons. The van der Waals surface area contributed by atoms with Crippen molar-refractivity contribution in [2.45, 2.75) is 32.6 Å². The predicted octanol–water partition coefficient (Wildman–Crippen LogP) is 4.53. The van der Waals surface area contributed by atoms with E-state index in [-0.39, 0.29) is 11.9 Å². The number of benzene rings is 2. The number of carbonyl (C=O) groups excluding carboxylic acids is 2. The summed E-state index contributed by atoms with van der Waals surface area (Å²) in [6.07, 6.45) is 7.49. The summed E-state index contributed by atoms with van der Waals surface area (Å²) in [6.45, 7) is 3.25. The van der Waals surface area contributed by atoms with E-state index >= 15 is 0 Å². The first-order valence-corrected chi connectivity index (χ1v) is 11.5. The largest absolute Gasteiger partial charge is 0.463 e. The zero-order valence-corrected chi connectivity index (χ0v) is 18.9. The number of pyridine rings is 1. The standard InChI is InChI=1S/C27H29N3O3/c1-2-33-25(31)16-13-19-11-14-20(15-12-19)27(32)29-18-17-28-26-21-7-3-5-9-23(21)30-24-10-6-4-8-22(24)26/h3,5,7,9,11-16H,2,4,6,8,10,17-18H2,1H3,(H,28,30)(H,29,32)/b16-13+. The number of aromatic nitrogens is 1. The number of para-hydroxylation sites is 1. The summed E-state index contributed by atoms with van der Waals surface area (Å²) in [5, 5.41) is 7.67. The molecule has 6 heteroatoms. The molecule has 6 nitrogen and oxygen atoms in total. The Balaban J connectivity index is 1.34. The van der Waals surface area contributed by atoms with Crippen molar-refractivity contribution < 1.29 is 14.3 Å². The molecular formula is C27H29N3O3. The number of fused-ring (bicyclic) bond motifs is 2. The highest BCUT2D eigenvalue weighted by atomic mass is 16.5. The average Bonchev–Trinajstić information content (AvgIpc) is 2.85. The Morgan fingerprint density at radius 3 is 2.64 bits per heavy atom. The normalized spacial score (nSPS) is 13.0. The number of esters is 1. The zero-order valence-electron chi connectivity index (χ0n) is 18.9. The lowest BCUT2D eigenvalue weighted by atomic mass is 9.92. The van der Waals surface area contributed by atoms with Gasteiger partial charge in [0.05, 0.1) is 12.1 Å². The lowest BCUT2D eigenvalue weighted by Gasteiger charge is -2.21. The number of ether oxygens (including phenoxy) is 1. The van der Waals surface area contributed by atoms with Crippen molar-refractivity contribution in [2.75, 3.05) is 25.0 Å². The Kier molecular flexibility index (Phi) is 7.35. The van der Waals surface area contributed by atoms with E-state index in [4.69, 9.17) is 9.72 Å². The van der Waals surface area contributed by atoms with Gasteiger partial charge in [0.1, 0.15) is 0 Å². The maximum Gasteiger partial charge on any atom is 0.330 e. The van der Waals surface area contributed by atoms with Crippen molar-refractivity contribution in [3.8, 4) is 0 Å². The highest BCUT2D eigenvalue weighted by Crippen LogP contribution is 2.33. The fourth-order valence-corrected chi connectivity index (χ4v) is 4.14. The van der Waals surface area contributed by atoms with E-state index in [0.29, 0.717) is 25.3 Å². The van der Waals surface area contributed by atoms with Crippen LogP contribution in [0.25, 0.3) is 17.0 Å². The first kappa shape index (κ1) is 22.5. The molecule has 1 aliphatic rings. The van der Waals surface area contributed by atoms with E-state index < -0.39 is 0 Å². The molecule has 1 heterocycles. The minimum Gasteiger partial charge on any atom is -0.463 e. The van der Waals surface area contributed by atoms with E-state index in [2.05, 4.69) is 22.8 Å². The summed E-state index contributed by atoms with van der Waals surface area (Å²) in [7, 11) is 0. The molecule has 0 atom stereocenters. The van der Waals surface area contributed by atoms with Gasteiger partial charge in [-0.15, -0.1) is 0 Å². The van der Waals surface area contributed by atoms with Crippen LogP contribution in [0, 0.1) is 0 Å². The highest BCUT2D eigenvalue weighted by molar-refractivity contribution is 5.95.